The first-order valence-electron chi connectivity index (χ1n) is 7.39. The molecule has 0 aliphatic heterocycles. The van der Waals surface area contributed by atoms with Crippen LogP contribution in [0.15, 0.2) is 17.8 Å². The van der Waals surface area contributed by atoms with E-state index in [9.17, 15) is 0 Å². The second kappa shape index (κ2) is 5.25. The Labute approximate surface area is 119 Å². The predicted octanol–water partition coefficient (Wildman–Crippen LogP) is 3.50. The number of nitrogens with one attached hydrogen (secondary N) is 1. The minimum absolute atomic E-state index is 0.368. The summed E-state index contributed by atoms with van der Waals surface area (Å²) in [6.07, 6.45) is 10.5. The third-order valence-corrected chi connectivity index (χ3v) is 5.31. The van der Waals surface area contributed by atoms with Crippen LogP contribution in [0.2, 0.25) is 0 Å². The molecule has 0 radical (unpaired) electrons. The molecule has 2 aromatic heterocycles. The van der Waals surface area contributed by atoms with Crippen LogP contribution in [-0.2, 0) is 6.42 Å². The normalized spacial score (nSPS) is 16.3. The molecule has 2 aromatic rings. The van der Waals surface area contributed by atoms with Gasteiger partial charge in [-0.1, -0.05) is 13.8 Å². The Morgan fingerprint density at radius 3 is 2.84 bits per heavy atom. The molecule has 1 saturated carbocycles. The van der Waals surface area contributed by atoms with Crippen molar-refractivity contribution in [1.29, 1.82) is 0 Å². The highest BCUT2D eigenvalue weighted by Crippen LogP contribution is 2.32. The highest BCUT2D eigenvalue weighted by atomic mass is 32.1. The summed E-state index contributed by atoms with van der Waals surface area (Å²) in [7, 11) is 0. The maximum absolute atomic E-state index is 4.75. The predicted molar refractivity (Wildman–Crippen MR) is 80.8 cm³/mol. The van der Waals surface area contributed by atoms with Crippen LogP contribution in [0.5, 0.6) is 0 Å². The fourth-order valence-electron chi connectivity index (χ4n) is 2.71. The van der Waals surface area contributed by atoms with Crippen LogP contribution in [-0.4, -0.2) is 22.0 Å². The molecule has 3 nitrogen and oxygen atoms in total. The number of rotatable bonds is 7. The van der Waals surface area contributed by atoms with Crippen LogP contribution < -0.4 is 5.32 Å². The molecule has 4 heteroatoms. The van der Waals surface area contributed by atoms with E-state index in [2.05, 4.69) is 41.3 Å². The van der Waals surface area contributed by atoms with Crippen LogP contribution in [0.25, 0.3) is 4.96 Å². The zero-order valence-corrected chi connectivity index (χ0v) is 12.7. The minimum Gasteiger partial charge on any atom is -0.313 e. The molecule has 2 heterocycles. The van der Waals surface area contributed by atoms with Gasteiger partial charge in [-0.25, -0.2) is 4.98 Å². The molecule has 19 heavy (non-hydrogen) atoms. The highest BCUT2D eigenvalue weighted by Gasteiger charge is 2.30. The van der Waals surface area contributed by atoms with E-state index < -0.39 is 0 Å². The first-order valence-corrected chi connectivity index (χ1v) is 8.27. The Morgan fingerprint density at radius 2 is 2.21 bits per heavy atom. The number of imidazole rings is 1. The van der Waals surface area contributed by atoms with Crippen molar-refractivity contribution in [2.75, 3.05) is 6.54 Å². The summed E-state index contributed by atoms with van der Waals surface area (Å²) in [5.41, 5.74) is 1.61. The third-order valence-electron chi connectivity index (χ3n) is 4.54. The van der Waals surface area contributed by atoms with Gasteiger partial charge in [0.15, 0.2) is 4.96 Å². The zero-order chi connectivity index (χ0) is 13.3. The SMILES string of the molecule is CCC(CC)(CNC1CC1)Cc1cn2ccsc2n1. The second-order valence-corrected chi connectivity index (χ2v) is 6.74. The molecule has 0 aromatic carbocycles. The van der Waals surface area contributed by atoms with Crippen LogP contribution in [0.3, 0.4) is 0 Å². The molecule has 0 amide bonds. The van der Waals surface area contributed by atoms with E-state index in [0.29, 0.717) is 5.41 Å². The molecular weight excluding hydrogens is 254 g/mol. The lowest BCUT2D eigenvalue weighted by Crippen LogP contribution is -2.36. The summed E-state index contributed by atoms with van der Waals surface area (Å²) in [4.78, 5) is 5.87. The van der Waals surface area contributed by atoms with Gasteiger partial charge in [0.1, 0.15) is 0 Å². The lowest BCUT2D eigenvalue weighted by atomic mass is 9.78. The first kappa shape index (κ1) is 13.1. The topological polar surface area (TPSA) is 29.3 Å². The monoisotopic (exact) mass is 277 g/mol. The van der Waals surface area contributed by atoms with E-state index >= 15 is 0 Å². The van der Waals surface area contributed by atoms with E-state index in [4.69, 9.17) is 4.98 Å². The van der Waals surface area contributed by atoms with Gasteiger partial charge in [-0.05, 0) is 37.5 Å². The van der Waals surface area contributed by atoms with Crippen molar-refractivity contribution in [3.63, 3.8) is 0 Å². The summed E-state index contributed by atoms with van der Waals surface area (Å²) < 4.78 is 2.14. The largest absolute Gasteiger partial charge is 0.313 e. The van der Waals surface area contributed by atoms with Crippen LogP contribution >= 0.6 is 11.3 Å². The number of fused-ring (bicyclic) bond motifs is 1. The van der Waals surface area contributed by atoms with Crippen molar-refractivity contribution >= 4 is 16.3 Å². The van der Waals surface area contributed by atoms with Gasteiger partial charge >= 0.3 is 0 Å². The minimum atomic E-state index is 0.368. The summed E-state index contributed by atoms with van der Waals surface area (Å²) in [6.45, 7) is 5.77. The fourth-order valence-corrected chi connectivity index (χ4v) is 3.43. The first-order chi connectivity index (χ1) is 9.24. The van der Waals surface area contributed by atoms with E-state index in [0.717, 1.165) is 24.0 Å². The Morgan fingerprint density at radius 1 is 1.42 bits per heavy atom. The van der Waals surface area contributed by atoms with Crippen molar-refractivity contribution in [2.45, 2.75) is 52.0 Å². The van der Waals surface area contributed by atoms with Gasteiger partial charge in [0, 0.05) is 30.4 Å². The quantitative estimate of drug-likeness (QED) is 0.839. The molecule has 1 N–H and O–H groups in total. The van der Waals surface area contributed by atoms with Crippen molar-refractivity contribution in [2.24, 2.45) is 5.41 Å². The molecule has 1 aliphatic carbocycles. The molecule has 1 aliphatic rings. The second-order valence-electron chi connectivity index (χ2n) is 5.86. The van der Waals surface area contributed by atoms with E-state index in [1.54, 1.807) is 11.3 Å². The number of aromatic nitrogens is 2. The maximum atomic E-state index is 4.75. The Kier molecular flexibility index (Phi) is 3.63. The molecule has 0 spiro atoms. The summed E-state index contributed by atoms with van der Waals surface area (Å²) in [6, 6.07) is 0.794. The number of thiazole rings is 1. The van der Waals surface area contributed by atoms with Gasteiger partial charge in [0.05, 0.1) is 5.69 Å². The van der Waals surface area contributed by atoms with E-state index in [-0.39, 0.29) is 0 Å². The van der Waals surface area contributed by atoms with Gasteiger partial charge in [0.25, 0.3) is 0 Å². The molecule has 1 fully saturated rings. The number of hydrogen-bond donors (Lipinski definition) is 1. The van der Waals surface area contributed by atoms with Crippen LogP contribution in [0, 0.1) is 5.41 Å². The van der Waals surface area contributed by atoms with E-state index in [1.165, 1.54) is 31.4 Å². The highest BCUT2D eigenvalue weighted by molar-refractivity contribution is 7.15. The molecule has 0 atom stereocenters. The van der Waals surface area contributed by atoms with Crippen LogP contribution in [0.1, 0.15) is 45.2 Å². The maximum Gasteiger partial charge on any atom is 0.193 e. The van der Waals surface area contributed by atoms with Gasteiger partial charge in [-0.2, -0.15) is 0 Å². The van der Waals surface area contributed by atoms with Crippen LogP contribution in [0.4, 0.5) is 0 Å². The zero-order valence-electron chi connectivity index (χ0n) is 11.9. The van der Waals surface area contributed by atoms with E-state index in [1.807, 2.05) is 0 Å². The van der Waals surface area contributed by atoms with Gasteiger partial charge in [-0.3, -0.25) is 4.40 Å². The van der Waals surface area contributed by atoms with Gasteiger partial charge in [-0.15, -0.1) is 11.3 Å². The lowest BCUT2D eigenvalue weighted by molar-refractivity contribution is 0.243. The number of nitrogens with zero attached hydrogens (tertiary/aromatic N) is 2. The average molecular weight is 277 g/mol. The average Bonchev–Trinajstić information content (AvgIpc) is 3.03. The standard InChI is InChI=1S/C15H23N3S/c1-3-15(4-2,11-16-12-5-6-12)9-13-10-18-7-8-19-14(18)17-13/h7-8,10,12,16H,3-6,9,11H2,1-2H3. The molecular formula is C15H23N3S. The summed E-state index contributed by atoms with van der Waals surface area (Å²) >= 11 is 1.71. The summed E-state index contributed by atoms with van der Waals surface area (Å²) in [5.74, 6) is 0. The molecule has 104 valence electrons. The van der Waals surface area contributed by atoms with Crippen molar-refractivity contribution < 1.29 is 0 Å². The number of hydrogen-bond acceptors (Lipinski definition) is 3. The lowest BCUT2D eigenvalue weighted by Gasteiger charge is -2.31. The third kappa shape index (κ3) is 2.84. The van der Waals surface area contributed by atoms with Crippen molar-refractivity contribution in [3.05, 3.63) is 23.5 Å². The Balaban J connectivity index is 1.73. The molecule has 3 rings (SSSR count). The van der Waals surface area contributed by atoms with Crippen molar-refractivity contribution in [1.82, 2.24) is 14.7 Å². The molecule has 0 unspecified atom stereocenters. The van der Waals surface area contributed by atoms with Gasteiger partial charge in [0.2, 0.25) is 0 Å². The molecule has 0 saturated heterocycles. The smallest absolute Gasteiger partial charge is 0.193 e. The van der Waals surface area contributed by atoms with Gasteiger partial charge < -0.3 is 5.32 Å². The molecule has 0 bridgehead atoms. The Hall–Kier alpha value is -0.870. The fraction of sp³-hybridized carbons (Fsp3) is 0.667. The summed E-state index contributed by atoms with van der Waals surface area (Å²) in [5, 5.41) is 5.81. The Bertz CT molecular complexity index is 506. The van der Waals surface area contributed by atoms with Crippen molar-refractivity contribution in [3.8, 4) is 0 Å².